The molecule has 2 heterocycles. The van der Waals surface area contributed by atoms with Gasteiger partial charge >= 0.3 is 11.8 Å². The fraction of sp³-hybridized carbons (Fsp3) is 0.857. The Morgan fingerprint density at radius 2 is 2.15 bits per heavy atom. The number of rotatable bonds is 3. The molecule has 0 saturated carbocycles. The van der Waals surface area contributed by atoms with Crippen molar-refractivity contribution in [1.82, 2.24) is 15.1 Å². The lowest BCUT2D eigenvalue weighted by molar-refractivity contribution is -0.152. The average molecular weight is 283 g/mol. The average Bonchev–Trinajstić information content (AvgIpc) is 2.83. The Hall–Kier alpha value is -1.14. The van der Waals surface area contributed by atoms with E-state index in [2.05, 4.69) is 5.32 Å². The van der Waals surface area contributed by atoms with Crippen molar-refractivity contribution >= 4 is 11.8 Å². The monoisotopic (exact) mass is 283 g/mol. The molecule has 114 valence electrons. The molecule has 0 radical (unpaired) electrons. The Labute approximate surface area is 120 Å². The Morgan fingerprint density at radius 3 is 2.85 bits per heavy atom. The summed E-state index contributed by atoms with van der Waals surface area (Å²) in [6, 6.07) is 0. The molecule has 20 heavy (non-hydrogen) atoms. The highest BCUT2D eigenvalue weighted by Crippen LogP contribution is 2.13. The van der Waals surface area contributed by atoms with Crippen LogP contribution in [-0.2, 0) is 14.3 Å². The molecule has 2 aliphatic heterocycles. The van der Waals surface area contributed by atoms with Gasteiger partial charge in [-0.1, -0.05) is 0 Å². The quantitative estimate of drug-likeness (QED) is 0.731. The summed E-state index contributed by atoms with van der Waals surface area (Å²) in [6.45, 7) is 6.70. The van der Waals surface area contributed by atoms with Crippen LogP contribution in [0.2, 0.25) is 0 Å². The van der Waals surface area contributed by atoms with Crippen molar-refractivity contribution in [2.75, 3.05) is 45.9 Å². The number of likely N-dealkylation sites (N-methyl/N-ethyl adjacent to an activating group) is 1. The van der Waals surface area contributed by atoms with E-state index in [1.165, 1.54) is 0 Å². The lowest BCUT2D eigenvalue weighted by Crippen LogP contribution is -2.48. The molecule has 0 bridgehead atoms. The molecule has 1 unspecified atom stereocenters. The van der Waals surface area contributed by atoms with E-state index in [1.807, 2.05) is 6.92 Å². The van der Waals surface area contributed by atoms with E-state index in [9.17, 15) is 9.59 Å². The number of nitrogens with zero attached hydrogens (tertiary/aromatic N) is 2. The second-order valence-corrected chi connectivity index (χ2v) is 5.37. The minimum Gasteiger partial charge on any atom is -0.376 e. The highest BCUT2D eigenvalue weighted by atomic mass is 16.5. The zero-order chi connectivity index (χ0) is 14.4. The lowest BCUT2D eigenvalue weighted by atomic mass is 10.2. The third-order valence-corrected chi connectivity index (χ3v) is 3.93. The molecule has 0 aromatic carbocycles. The van der Waals surface area contributed by atoms with Crippen LogP contribution in [0.15, 0.2) is 0 Å². The number of carbonyl (C=O) groups excluding carboxylic acids is 2. The molecular formula is C14H25N3O3. The molecule has 6 nitrogen and oxygen atoms in total. The van der Waals surface area contributed by atoms with E-state index in [1.54, 1.807) is 9.80 Å². The molecule has 2 rings (SSSR count). The van der Waals surface area contributed by atoms with Crippen molar-refractivity contribution < 1.29 is 14.3 Å². The van der Waals surface area contributed by atoms with Gasteiger partial charge in [-0.05, 0) is 32.7 Å². The molecule has 2 fully saturated rings. The second-order valence-electron chi connectivity index (χ2n) is 5.37. The highest BCUT2D eigenvalue weighted by molar-refractivity contribution is 6.34. The summed E-state index contributed by atoms with van der Waals surface area (Å²) in [4.78, 5) is 27.9. The first-order valence-corrected chi connectivity index (χ1v) is 7.63. The standard InChI is InChI=1S/C14H25N3O3/c1-2-16(11-12-5-3-10-20-12)13(18)14(19)17-8-4-6-15-7-9-17/h12,15H,2-11H2,1H3. The molecule has 2 saturated heterocycles. The predicted octanol–water partition coefficient (Wildman–Crippen LogP) is -0.164. The van der Waals surface area contributed by atoms with Gasteiger partial charge in [-0.3, -0.25) is 9.59 Å². The highest BCUT2D eigenvalue weighted by Gasteiger charge is 2.29. The Morgan fingerprint density at radius 1 is 1.30 bits per heavy atom. The molecule has 6 heteroatoms. The van der Waals surface area contributed by atoms with Crippen molar-refractivity contribution in [3.63, 3.8) is 0 Å². The normalized spacial score (nSPS) is 23.4. The third kappa shape index (κ3) is 3.93. The van der Waals surface area contributed by atoms with Crippen LogP contribution in [0, 0.1) is 0 Å². The van der Waals surface area contributed by atoms with E-state index in [0.29, 0.717) is 26.2 Å². The Balaban J connectivity index is 1.90. The molecule has 0 spiro atoms. The van der Waals surface area contributed by atoms with Gasteiger partial charge in [0, 0.05) is 39.3 Å². The summed E-state index contributed by atoms with van der Waals surface area (Å²) in [5.74, 6) is -0.751. The van der Waals surface area contributed by atoms with Crippen LogP contribution in [0.1, 0.15) is 26.2 Å². The molecule has 0 aromatic heterocycles. The third-order valence-electron chi connectivity index (χ3n) is 3.93. The summed E-state index contributed by atoms with van der Waals surface area (Å²) in [7, 11) is 0. The lowest BCUT2D eigenvalue weighted by Gasteiger charge is -2.26. The van der Waals surface area contributed by atoms with E-state index < -0.39 is 0 Å². The molecule has 0 aromatic rings. The molecule has 2 amide bonds. The predicted molar refractivity (Wildman–Crippen MR) is 75.3 cm³/mol. The van der Waals surface area contributed by atoms with Gasteiger partial charge in [0.05, 0.1) is 6.10 Å². The van der Waals surface area contributed by atoms with Gasteiger partial charge in [-0.25, -0.2) is 0 Å². The fourth-order valence-corrected chi connectivity index (χ4v) is 2.71. The molecular weight excluding hydrogens is 258 g/mol. The smallest absolute Gasteiger partial charge is 0.312 e. The number of nitrogens with one attached hydrogen (secondary N) is 1. The SMILES string of the molecule is CCN(CC1CCCO1)C(=O)C(=O)N1CCCNCC1. The minimum atomic E-state index is -0.384. The van der Waals surface area contributed by atoms with Gasteiger partial charge in [0.15, 0.2) is 0 Å². The molecule has 1 atom stereocenters. The zero-order valence-corrected chi connectivity index (χ0v) is 12.3. The summed E-state index contributed by atoms with van der Waals surface area (Å²) in [5.41, 5.74) is 0. The molecule has 2 aliphatic rings. The van der Waals surface area contributed by atoms with Gasteiger partial charge in [-0.15, -0.1) is 0 Å². The van der Waals surface area contributed by atoms with Gasteiger partial charge < -0.3 is 19.9 Å². The van der Waals surface area contributed by atoms with Gasteiger partial charge in [0.2, 0.25) is 0 Å². The van der Waals surface area contributed by atoms with Crippen molar-refractivity contribution in [3.8, 4) is 0 Å². The summed E-state index contributed by atoms with van der Waals surface area (Å²) >= 11 is 0. The van der Waals surface area contributed by atoms with E-state index in [-0.39, 0.29) is 17.9 Å². The van der Waals surface area contributed by atoms with Crippen molar-refractivity contribution in [1.29, 1.82) is 0 Å². The van der Waals surface area contributed by atoms with Crippen molar-refractivity contribution in [2.45, 2.75) is 32.3 Å². The van der Waals surface area contributed by atoms with Gasteiger partial charge in [-0.2, -0.15) is 0 Å². The Bertz CT molecular complexity index is 335. The molecule has 1 N–H and O–H groups in total. The van der Waals surface area contributed by atoms with Crippen molar-refractivity contribution in [3.05, 3.63) is 0 Å². The van der Waals surface area contributed by atoms with Gasteiger partial charge in [0.1, 0.15) is 0 Å². The summed E-state index contributed by atoms with van der Waals surface area (Å²) in [6.07, 6.45) is 3.02. The van der Waals surface area contributed by atoms with E-state index in [4.69, 9.17) is 4.74 Å². The summed E-state index contributed by atoms with van der Waals surface area (Å²) in [5, 5.41) is 3.23. The van der Waals surface area contributed by atoms with Crippen LogP contribution in [-0.4, -0.2) is 73.6 Å². The fourth-order valence-electron chi connectivity index (χ4n) is 2.71. The number of hydrogen-bond donors (Lipinski definition) is 1. The maximum absolute atomic E-state index is 12.3. The maximum Gasteiger partial charge on any atom is 0.312 e. The van der Waals surface area contributed by atoms with E-state index in [0.717, 1.165) is 39.0 Å². The van der Waals surface area contributed by atoms with Crippen LogP contribution < -0.4 is 5.32 Å². The number of carbonyl (C=O) groups is 2. The van der Waals surface area contributed by atoms with E-state index >= 15 is 0 Å². The first-order valence-electron chi connectivity index (χ1n) is 7.63. The number of hydrogen-bond acceptors (Lipinski definition) is 4. The first kappa shape index (κ1) is 15.3. The summed E-state index contributed by atoms with van der Waals surface area (Å²) < 4.78 is 5.55. The maximum atomic E-state index is 12.3. The topological polar surface area (TPSA) is 61.9 Å². The van der Waals surface area contributed by atoms with Crippen LogP contribution >= 0.6 is 0 Å². The number of ether oxygens (including phenoxy) is 1. The zero-order valence-electron chi connectivity index (χ0n) is 12.3. The number of amides is 2. The molecule has 0 aliphatic carbocycles. The van der Waals surface area contributed by atoms with Crippen LogP contribution in [0.5, 0.6) is 0 Å². The van der Waals surface area contributed by atoms with Crippen LogP contribution in [0.25, 0.3) is 0 Å². The minimum absolute atomic E-state index is 0.0949. The second kappa shape index (κ2) is 7.59. The van der Waals surface area contributed by atoms with Crippen LogP contribution in [0.4, 0.5) is 0 Å². The van der Waals surface area contributed by atoms with Crippen molar-refractivity contribution in [2.24, 2.45) is 0 Å². The van der Waals surface area contributed by atoms with Gasteiger partial charge in [0.25, 0.3) is 0 Å². The largest absolute Gasteiger partial charge is 0.376 e. The van der Waals surface area contributed by atoms with Crippen LogP contribution in [0.3, 0.4) is 0 Å². The first-order chi connectivity index (χ1) is 9.72. The Kier molecular flexibility index (Phi) is 5.79.